The van der Waals surface area contributed by atoms with E-state index >= 15 is 0 Å². The number of carbonyl (C=O) groups excluding carboxylic acids is 1. The Morgan fingerprint density at radius 1 is 1.86 bits per heavy atom. The average Bonchev–Trinajstić information content (AvgIpc) is 1.68. The maximum atomic E-state index is 9.80. The Kier molecular flexibility index (Phi) is 2.73. The van der Waals surface area contributed by atoms with Gasteiger partial charge in [0.25, 0.3) is 0 Å². The van der Waals surface area contributed by atoms with Crippen molar-refractivity contribution < 1.29 is 4.79 Å². The smallest absolute Gasteiger partial charge is 0.257 e. The zero-order valence-corrected chi connectivity index (χ0v) is 3.43. The van der Waals surface area contributed by atoms with Gasteiger partial charge in [0.1, 0.15) is 0 Å². The molecule has 5 N–H and O–H groups in total. The fraction of sp³-hybridized carbons (Fsp3) is 0. The molecular weight excluding hydrogens is 98.0 g/mol. The molecular formula is CH5N5O. The Hall–Kier alpha value is -1.01. The monoisotopic (exact) mass is 103 g/mol. The highest BCUT2D eigenvalue weighted by Gasteiger charge is 1.87. The number of hydrogen-bond acceptors (Lipinski definition) is 4. The van der Waals surface area contributed by atoms with Gasteiger partial charge in [-0.25, -0.2) is 4.79 Å². The van der Waals surface area contributed by atoms with Crippen molar-refractivity contribution in [1.29, 1.82) is 5.53 Å². The predicted octanol–water partition coefficient (Wildman–Crippen LogP) is -0.895. The zero-order valence-electron chi connectivity index (χ0n) is 3.43. The quantitative estimate of drug-likeness (QED) is 0.196. The topological polar surface area (TPSA) is 103 Å². The minimum absolute atomic E-state index is 0.817. The van der Waals surface area contributed by atoms with E-state index in [1.165, 1.54) is 0 Å². The Morgan fingerprint density at radius 3 is 2.57 bits per heavy atom. The van der Waals surface area contributed by atoms with Crippen LogP contribution in [0.1, 0.15) is 0 Å². The van der Waals surface area contributed by atoms with Gasteiger partial charge in [0.15, 0.2) is 0 Å². The normalized spacial score (nSPS) is 7.57. The van der Waals surface area contributed by atoms with E-state index in [2.05, 4.69) is 11.0 Å². The summed E-state index contributed by atoms with van der Waals surface area (Å²) >= 11 is 0. The summed E-state index contributed by atoms with van der Waals surface area (Å²) < 4.78 is 0. The summed E-state index contributed by atoms with van der Waals surface area (Å²) in [7, 11) is 0. The molecule has 0 unspecified atom stereocenters. The van der Waals surface area contributed by atoms with Crippen molar-refractivity contribution in [1.82, 2.24) is 11.0 Å². The summed E-state index contributed by atoms with van der Waals surface area (Å²) in [4.78, 5) is 9.80. The average molecular weight is 103 g/mol. The Morgan fingerprint density at radius 2 is 2.43 bits per heavy atom. The lowest BCUT2D eigenvalue weighted by molar-refractivity contribution is 0.243. The molecule has 0 heterocycles. The van der Waals surface area contributed by atoms with Gasteiger partial charge in [0.2, 0.25) is 0 Å². The molecule has 0 fully saturated rings. The van der Waals surface area contributed by atoms with E-state index in [0.29, 0.717) is 0 Å². The van der Waals surface area contributed by atoms with Crippen molar-refractivity contribution in [3.05, 3.63) is 0 Å². The van der Waals surface area contributed by atoms with Gasteiger partial charge in [-0.2, -0.15) is 11.1 Å². The lowest BCUT2D eigenvalue weighted by atomic mass is 11.1. The highest BCUT2D eigenvalue weighted by atomic mass is 16.2. The van der Waals surface area contributed by atoms with Crippen LogP contribution in [-0.2, 0) is 0 Å². The first kappa shape index (κ1) is 5.99. The third-order valence-corrected chi connectivity index (χ3v) is 0.281. The maximum absolute atomic E-state index is 9.80. The molecule has 6 heteroatoms. The van der Waals surface area contributed by atoms with Crippen LogP contribution < -0.4 is 16.8 Å². The minimum atomic E-state index is -0.817. The number of amides is 2. The maximum Gasteiger partial charge on any atom is 0.374 e. The summed E-state index contributed by atoms with van der Waals surface area (Å²) in [6.45, 7) is 0. The molecule has 6 nitrogen and oxygen atoms in total. The van der Waals surface area contributed by atoms with Gasteiger partial charge in [-0.3, -0.25) is 11.3 Å². The standard InChI is InChI=1S/CH5N5O/c2-4-1(7)5-6-3/h2,6H,3H2,(H,5,7). The summed E-state index contributed by atoms with van der Waals surface area (Å²) in [6, 6.07) is -0.817. The fourth-order valence-electron chi connectivity index (χ4n) is 0.0897. The van der Waals surface area contributed by atoms with E-state index in [1.807, 2.05) is 5.43 Å². The number of hydrogen-bond donors (Lipinski definition) is 4. The zero-order chi connectivity index (χ0) is 5.70. The number of hydrazine groups is 2. The molecule has 0 aliphatic carbocycles. The van der Waals surface area contributed by atoms with E-state index in [0.717, 1.165) is 0 Å². The molecule has 0 aromatic carbocycles. The molecule has 0 spiro atoms. The van der Waals surface area contributed by atoms with Crippen molar-refractivity contribution in [2.75, 3.05) is 0 Å². The van der Waals surface area contributed by atoms with E-state index in [-0.39, 0.29) is 0 Å². The molecule has 7 heavy (non-hydrogen) atoms. The molecule has 0 atom stereocenters. The second kappa shape index (κ2) is 3.19. The van der Waals surface area contributed by atoms with Crippen molar-refractivity contribution in [3.8, 4) is 0 Å². The number of urea groups is 1. The Balaban J connectivity index is 3.17. The number of nitrogens with zero attached hydrogens (tertiary/aromatic N) is 1. The molecule has 0 aliphatic heterocycles. The second-order valence-electron chi connectivity index (χ2n) is 0.686. The van der Waals surface area contributed by atoms with Crippen molar-refractivity contribution in [2.45, 2.75) is 0 Å². The third kappa shape index (κ3) is 2.80. The van der Waals surface area contributed by atoms with Crippen LogP contribution in [0.5, 0.6) is 0 Å². The Labute approximate surface area is 39.5 Å². The van der Waals surface area contributed by atoms with Crippen LogP contribution in [0.25, 0.3) is 0 Å². The summed E-state index contributed by atoms with van der Waals surface area (Å²) in [5, 5.41) is 2.44. The predicted molar refractivity (Wildman–Crippen MR) is 21.0 cm³/mol. The van der Waals surface area contributed by atoms with Crippen LogP contribution in [0.4, 0.5) is 4.79 Å². The summed E-state index contributed by atoms with van der Waals surface area (Å²) in [5.74, 6) is 4.58. The van der Waals surface area contributed by atoms with Gasteiger partial charge in [0, 0.05) is 0 Å². The first-order chi connectivity index (χ1) is 3.31. The summed E-state index contributed by atoms with van der Waals surface area (Å²) in [6.07, 6.45) is 0. The van der Waals surface area contributed by atoms with Crippen LogP contribution >= 0.6 is 0 Å². The molecule has 0 aromatic rings. The molecule has 40 valence electrons. The fourth-order valence-corrected chi connectivity index (χ4v) is 0.0897. The highest BCUT2D eigenvalue weighted by Crippen LogP contribution is 1.62. The first-order valence-corrected chi connectivity index (χ1v) is 1.44. The van der Waals surface area contributed by atoms with Gasteiger partial charge in [-0.15, -0.1) is 0 Å². The molecule has 0 saturated heterocycles. The van der Waals surface area contributed by atoms with E-state index in [9.17, 15) is 4.79 Å². The van der Waals surface area contributed by atoms with E-state index in [1.54, 1.807) is 5.53 Å². The lowest BCUT2D eigenvalue weighted by Crippen LogP contribution is -2.40. The van der Waals surface area contributed by atoms with Gasteiger partial charge >= 0.3 is 6.03 Å². The highest BCUT2D eigenvalue weighted by molar-refractivity contribution is 5.73. The van der Waals surface area contributed by atoms with Gasteiger partial charge in [-0.1, -0.05) is 5.11 Å². The van der Waals surface area contributed by atoms with Crippen molar-refractivity contribution in [2.24, 2.45) is 11.0 Å². The van der Waals surface area contributed by atoms with Gasteiger partial charge < -0.3 is 0 Å². The SMILES string of the molecule is N=NC(=O)NNN. The molecule has 2 amide bonds. The molecule has 0 saturated carbocycles. The molecule has 0 radical (unpaired) electrons. The second-order valence-corrected chi connectivity index (χ2v) is 0.686. The number of nitrogens with two attached hydrogens (primary N) is 1. The summed E-state index contributed by atoms with van der Waals surface area (Å²) in [5.41, 5.74) is 9.66. The van der Waals surface area contributed by atoms with Crippen LogP contribution in [0.2, 0.25) is 0 Å². The van der Waals surface area contributed by atoms with E-state index < -0.39 is 6.03 Å². The van der Waals surface area contributed by atoms with Crippen LogP contribution in [0.15, 0.2) is 5.11 Å². The van der Waals surface area contributed by atoms with Crippen LogP contribution in [-0.4, -0.2) is 6.03 Å². The molecule has 0 rings (SSSR count). The third-order valence-electron chi connectivity index (χ3n) is 0.281. The number of rotatable bonds is 1. The van der Waals surface area contributed by atoms with Crippen molar-refractivity contribution >= 4 is 6.03 Å². The first-order valence-electron chi connectivity index (χ1n) is 1.44. The van der Waals surface area contributed by atoms with Crippen molar-refractivity contribution in [3.63, 3.8) is 0 Å². The van der Waals surface area contributed by atoms with Crippen LogP contribution in [0, 0.1) is 5.53 Å². The molecule has 0 bridgehead atoms. The van der Waals surface area contributed by atoms with Gasteiger partial charge in [-0.05, 0) is 0 Å². The number of nitrogens with one attached hydrogen (secondary N) is 3. The molecule has 0 aliphatic rings. The molecule has 0 aromatic heterocycles. The Bertz CT molecular complexity index is 78.1. The lowest BCUT2D eigenvalue weighted by Gasteiger charge is -1.90. The minimum Gasteiger partial charge on any atom is -0.257 e. The largest absolute Gasteiger partial charge is 0.374 e. The van der Waals surface area contributed by atoms with E-state index in [4.69, 9.17) is 5.53 Å². The van der Waals surface area contributed by atoms with Crippen LogP contribution in [0.3, 0.4) is 0 Å². The number of carbonyl (C=O) groups is 1. The van der Waals surface area contributed by atoms with Gasteiger partial charge in [0.05, 0.1) is 0 Å².